The molecule has 0 spiro atoms. The zero-order chi connectivity index (χ0) is 13.8. The van der Waals surface area contributed by atoms with E-state index in [1.54, 1.807) is 0 Å². The fourth-order valence-electron chi connectivity index (χ4n) is 1.82. The Morgan fingerprint density at radius 2 is 1.89 bits per heavy atom. The van der Waals surface area contributed by atoms with Crippen molar-refractivity contribution in [3.8, 4) is 0 Å². The summed E-state index contributed by atoms with van der Waals surface area (Å²) in [6.07, 6.45) is 2.91. The van der Waals surface area contributed by atoms with Gasteiger partial charge in [-0.3, -0.25) is 4.79 Å². The summed E-state index contributed by atoms with van der Waals surface area (Å²) < 4.78 is 0. The van der Waals surface area contributed by atoms with Crippen LogP contribution in [0.1, 0.15) is 40.0 Å². The van der Waals surface area contributed by atoms with E-state index in [1.807, 2.05) is 20.8 Å². The summed E-state index contributed by atoms with van der Waals surface area (Å²) in [4.78, 5) is 22.5. The second-order valence-electron chi connectivity index (χ2n) is 6.33. The van der Waals surface area contributed by atoms with Crippen LogP contribution in [0.15, 0.2) is 0 Å². The molecule has 0 saturated heterocycles. The van der Waals surface area contributed by atoms with Crippen LogP contribution in [0.2, 0.25) is 0 Å². The zero-order valence-corrected chi connectivity index (χ0v) is 11.5. The number of nitrogens with one attached hydrogen (secondary N) is 2. The van der Waals surface area contributed by atoms with Crippen molar-refractivity contribution in [2.24, 2.45) is 17.3 Å². The van der Waals surface area contributed by atoms with Gasteiger partial charge in [-0.05, 0) is 30.6 Å². The van der Waals surface area contributed by atoms with Crippen LogP contribution in [0.4, 0.5) is 4.79 Å². The fourth-order valence-corrected chi connectivity index (χ4v) is 1.82. The van der Waals surface area contributed by atoms with Crippen molar-refractivity contribution in [3.63, 3.8) is 0 Å². The number of hydrogen-bond acceptors (Lipinski definition) is 2. The minimum atomic E-state index is -0.854. The molecule has 0 bridgehead atoms. The minimum Gasteiger partial charge on any atom is -0.481 e. The standard InChI is InChI=1S/C13H24N2O3/c1-13(2,3)6-10(11(16)17)8-15-12(18)14-7-9-4-5-9/h9-10H,4-8H2,1-3H3,(H,16,17)(H2,14,15,18). The third kappa shape index (κ3) is 6.47. The Morgan fingerprint density at radius 1 is 1.28 bits per heavy atom. The number of amides is 2. The molecule has 0 radical (unpaired) electrons. The molecule has 1 unspecified atom stereocenters. The van der Waals surface area contributed by atoms with E-state index in [-0.39, 0.29) is 18.0 Å². The summed E-state index contributed by atoms with van der Waals surface area (Å²) in [6.45, 7) is 6.87. The van der Waals surface area contributed by atoms with E-state index in [0.29, 0.717) is 18.9 Å². The van der Waals surface area contributed by atoms with Crippen molar-refractivity contribution < 1.29 is 14.7 Å². The predicted octanol–water partition coefficient (Wildman–Crippen LogP) is 1.83. The van der Waals surface area contributed by atoms with E-state index in [0.717, 1.165) is 0 Å². The SMILES string of the molecule is CC(C)(C)CC(CNC(=O)NCC1CC1)C(=O)O. The van der Waals surface area contributed by atoms with E-state index in [9.17, 15) is 9.59 Å². The van der Waals surface area contributed by atoms with Crippen LogP contribution in [-0.4, -0.2) is 30.2 Å². The Kier molecular flexibility index (Phi) is 4.99. The summed E-state index contributed by atoms with van der Waals surface area (Å²) in [6, 6.07) is -0.262. The quantitative estimate of drug-likeness (QED) is 0.678. The number of carboxylic acid groups (broad SMARTS) is 1. The van der Waals surface area contributed by atoms with Gasteiger partial charge >= 0.3 is 12.0 Å². The Bertz CT molecular complexity index is 306. The van der Waals surface area contributed by atoms with Crippen molar-refractivity contribution in [1.82, 2.24) is 10.6 Å². The maximum Gasteiger partial charge on any atom is 0.314 e. The number of carboxylic acids is 1. The van der Waals surface area contributed by atoms with Crippen molar-refractivity contribution in [3.05, 3.63) is 0 Å². The highest BCUT2D eigenvalue weighted by atomic mass is 16.4. The molecule has 1 aliphatic carbocycles. The number of urea groups is 1. The van der Waals surface area contributed by atoms with Crippen molar-refractivity contribution in [1.29, 1.82) is 0 Å². The molecule has 5 nitrogen and oxygen atoms in total. The van der Waals surface area contributed by atoms with E-state index in [4.69, 9.17) is 5.11 Å². The Labute approximate surface area is 108 Å². The number of carbonyl (C=O) groups is 2. The maximum atomic E-state index is 11.5. The molecule has 1 aliphatic rings. The van der Waals surface area contributed by atoms with Gasteiger partial charge in [0.05, 0.1) is 5.92 Å². The van der Waals surface area contributed by atoms with Crippen molar-refractivity contribution in [2.75, 3.05) is 13.1 Å². The molecule has 0 aliphatic heterocycles. The third-order valence-electron chi connectivity index (χ3n) is 2.97. The van der Waals surface area contributed by atoms with Crippen LogP contribution in [0.25, 0.3) is 0 Å². The van der Waals surface area contributed by atoms with Gasteiger partial charge in [0.25, 0.3) is 0 Å². The van der Waals surface area contributed by atoms with Crippen LogP contribution >= 0.6 is 0 Å². The number of aliphatic carboxylic acids is 1. The Hall–Kier alpha value is -1.26. The van der Waals surface area contributed by atoms with Crippen LogP contribution < -0.4 is 10.6 Å². The molecule has 0 aromatic carbocycles. The van der Waals surface area contributed by atoms with Gasteiger partial charge in [0.2, 0.25) is 0 Å². The summed E-state index contributed by atoms with van der Waals surface area (Å²) >= 11 is 0. The number of rotatable bonds is 6. The summed E-state index contributed by atoms with van der Waals surface area (Å²) in [5, 5.41) is 14.5. The van der Waals surface area contributed by atoms with Crippen molar-refractivity contribution >= 4 is 12.0 Å². The van der Waals surface area contributed by atoms with Crippen LogP contribution in [0.3, 0.4) is 0 Å². The van der Waals surface area contributed by atoms with Gasteiger partial charge in [0.15, 0.2) is 0 Å². The van der Waals surface area contributed by atoms with Gasteiger partial charge in [-0.15, -0.1) is 0 Å². The predicted molar refractivity (Wildman–Crippen MR) is 69.3 cm³/mol. The largest absolute Gasteiger partial charge is 0.481 e. The molecule has 18 heavy (non-hydrogen) atoms. The molecule has 0 aromatic heterocycles. The molecule has 1 saturated carbocycles. The molecule has 5 heteroatoms. The smallest absolute Gasteiger partial charge is 0.314 e. The topological polar surface area (TPSA) is 78.4 Å². The van der Waals surface area contributed by atoms with E-state index in [2.05, 4.69) is 10.6 Å². The van der Waals surface area contributed by atoms with Gasteiger partial charge in [-0.25, -0.2) is 4.79 Å². The van der Waals surface area contributed by atoms with Gasteiger partial charge in [-0.2, -0.15) is 0 Å². The van der Waals surface area contributed by atoms with E-state index < -0.39 is 11.9 Å². The molecule has 3 N–H and O–H groups in total. The monoisotopic (exact) mass is 256 g/mol. The lowest BCUT2D eigenvalue weighted by Gasteiger charge is -2.23. The first kappa shape index (κ1) is 14.8. The summed E-state index contributed by atoms with van der Waals surface area (Å²) in [5.41, 5.74) is -0.0603. The maximum absolute atomic E-state index is 11.5. The third-order valence-corrected chi connectivity index (χ3v) is 2.97. The first-order chi connectivity index (χ1) is 8.28. The van der Waals surface area contributed by atoms with Gasteiger partial charge in [-0.1, -0.05) is 20.8 Å². The van der Waals surface area contributed by atoms with Crippen LogP contribution in [0, 0.1) is 17.3 Å². The highest BCUT2D eigenvalue weighted by molar-refractivity contribution is 5.75. The lowest BCUT2D eigenvalue weighted by Crippen LogP contribution is -2.41. The molecule has 0 aromatic rings. The number of hydrogen-bond donors (Lipinski definition) is 3. The highest BCUT2D eigenvalue weighted by Gasteiger charge is 2.25. The second kappa shape index (κ2) is 6.07. The summed E-state index contributed by atoms with van der Waals surface area (Å²) in [5.74, 6) is -0.760. The van der Waals surface area contributed by atoms with E-state index in [1.165, 1.54) is 12.8 Å². The first-order valence-electron chi connectivity index (χ1n) is 6.52. The fraction of sp³-hybridized carbons (Fsp3) is 0.846. The van der Waals surface area contributed by atoms with Gasteiger partial charge in [0.1, 0.15) is 0 Å². The normalized spacial score (nSPS) is 17.1. The first-order valence-corrected chi connectivity index (χ1v) is 6.52. The molecule has 0 heterocycles. The van der Waals surface area contributed by atoms with Crippen LogP contribution in [0.5, 0.6) is 0 Å². The molecule has 1 rings (SSSR count). The molecular weight excluding hydrogens is 232 g/mol. The van der Waals surface area contributed by atoms with Gasteiger partial charge in [0, 0.05) is 13.1 Å². The minimum absolute atomic E-state index is 0.0603. The van der Waals surface area contributed by atoms with E-state index >= 15 is 0 Å². The Balaban J connectivity index is 2.27. The van der Waals surface area contributed by atoms with Crippen LogP contribution in [-0.2, 0) is 4.79 Å². The molecule has 1 atom stereocenters. The average molecular weight is 256 g/mol. The Morgan fingerprint density at radius 3 is 2.33 bits per heavy atom. The summed E-state index contributed by atoms with van der Waals surface area (Å²) in [7, 11) is 0. The van der Waals surface area contributed by atoms with Gasteiger partial charge < -0.3 is 15.7 Å². The number of carbonyl (C=O) groups excluding carboxylic acids is 1. The lowest BCUT2D eigenvalue weighted by atomic mass is 9.84. The molecule has 104 valence electrons. The lowest BCUT2D eigenvalue weighted by molar-refractivity contribution is -0.142. The molecule has 1 fully saturated rings. The molecule has 2 amide bonds. The zero-order valence-electron chi connectivity index (χ0n) is 11.5. The average Bonchev–Trinajstić information content (AvgIpc) is 3.03. The molecular formula is C13H24N2O3. The van der Waals surface area contributed by atoms with Crippen molar-refractivity contribution in [2.45, 2.75) is 40.0 Å². The second-order valence-corrected chi connectivity index (χ2v) is 6.33. The highest BCUT2D eigenvalue weighted by Crippen LogP contribution is 2.27.